The summed E-state index contributed by atoms with van der Waals surface area (Å²) in [5.41, 5.74) is 0.535. The van der Waals surface area contributed by atoms with E-state index in [-0.39, 0.29) is 29.5 Å². The molecule has 0 aliphatic carbocycles. The summed E-state index contributed by atoms with van der Waals surface area (Å²) in [4.78, 5) is 12.4. The number of hydrogen-bond donors (Lipinski definition) is 0. The highest BCUT2D eigenvalue weighted by Gasteiger charge is 2.29. The molecule has 25 heavy (non-hydrogen) atoms. The van der Waals surface area contributed by atoms with Gasteiger partial charge < -0.3 is 14.4 Å². The summed E-state index contributed by atoms with van der Waals surface area (Å²) >= 11 is 0. The highest BCUT2D eigenvalue weighted by atomic mass is 19.1. The minimum Gasteiger partial charge on any atom is -0.494 e. The van der Waals surface area contributed by atoms with Crippen molar-refractivity contribution in [2.45, 2.75) is 6.10 Å². The first kappa shape index (κ1) is 17.1. The van der Waals surface area contributed by atoms with Crippen LogP contribution in [0.2, 0.25) is 0 Å². The van der Waals surface area contributed by atoms with Crippen molar-refractivity contribution in [2.24, 2.45) is 0 Å². The van der Waals surface area contributed by atoms with Crippen molar-refractivity contribution >= 4 is 11.4 Å². The van der Waals surface area contributed by atoms with E-state index in [9.17, 15) is 18.9 Å². The quantitative estimate of drug-likeness (QED) is 0.624. The fourth-order valence-electron chi connectivity index (χ4n) is 2.86. The second kappa shape index (κ2) is 7.02. The Morgan fingerprint density at radius 2 is 2.12 bits per heavy atom. The van der Waals surface area contributed by atoms with E-state index in [1.807, 2.05) is 0 Å². The lowest BCUT2D eigenvalue weighted by molar-refractivity contribution is -0.384. The third kappa shape index (κ3) is 3.53. The molecular formula is C17H16F2N2O4. The third-order valence-corrected chi connectivity index (χ3v) is 4.07. The zero-order valence-electron chi connectivity index (χ0n) is 13.4. The van der Waals surface area contributed by atoms with Crippen LogP contribution >= 0.6 is 0 Å². The van der Waals surface area contributed by atoms with Gasteiger partial charge in [0.05, 0.1) is 24.7 Å². The molecular weight excluding hydrogens is 334 g/mol. The Morgan fingerprint density at radius 1 is 1.32 bits per heavy atom. The average molecular weight is 350 g/mol. The summed E-state index contributed by atoms with van der Waals surface area (Å²) < 4.78 is 37.9. The Morgan fingerprint density at radius 3 is 2.80 bits per heavy atom. The molecule has 8 heteroatoms. The molecule has 0 spiro atoms. The fraction of sp³-hybridized carbons (Fsp3) is 0.294. The number of morpholine rings is 1. The molecule has 0 amide bonds. The molecule has 0 aromatic heterocycles. The van der Waals surface area contributed by atoms with E-state index in [0.717, 1.165) is 6.07 Å². The minimum atomic E-state index is -0.798. The molecule has 1 unspecified atom stereocenters. The van der Waals surface area contributed by atoms with E-state index in [2.05, 4.69) is 0 Å². The van der Waals surface area contributed by atoms with Crippen LogP contribution in [0.3, 0.4) is 0 Å². The lowest BCUT2D eigenvalue weighted by atomic mass is 10.1. The molecule has 1 atom stereocenters. The van der Waals surface area contributed by atoms with Crippen LogP contribution in [0.4, 0.5) is 20.2 Å². The largest absolute Gasteiger partial charge is 0.494 e. The predicted molar refractivity (Wildman–Crippen MR) is 86.9 cm³/mol. The van der Waals surface area contributed by atoms with Crippen LogP contribution in [0, 0.1) is 21.7 Å². The van der Waals surface area contributed by atoms with Gasteiger partial charge in [0.25, 0.3) is 5.69 Å². The third-order valence-electron chi connectivity index (χ3n) is 4.07. The standard InChI is InChI=1S/C17H16F2N2O4/c1-24-16-9-14(15(21(22)23)8-13(16)19)20-5-6-25-17(10-20)11-3-2-4-12(18)7-11/h2-4,7-9,17H,5-6,10H2,1H3. The first-order valence-electron chi connectivity index (χ1n) is 7.63. The number of methoxy groups -OCH3 is 1. The van der Waals surface area contributed by atoms with Crippen LogP contribution in [0.25, 0.3) is 0 Å². The molecule has 1 aliphatic heterocycles. The summed E-state index contributed by atoms with van der Waals surface area (Å²) in [7, 11) is 1.29. The maximum Gasteiger partial charge on any atom is 0.295 e. The second-order valence-corrected chi connectivity index (χ2v) is 5.59. The highest BCUT2D eigenvalue weighted by Crippen LogP contribution is 2.37. The minimum absolute atomic E-state index is 0.0746. The van der Waals surface area contributed by atoms with E-state index >= 15 is 0 Å². The summed E-state index contributed by atoms with van der Waals surface area (Å²) in [6, 6.07) is 8.17. The van der Waals surface area contributed by atoms with Crippen molar-refractivity contribution in [1.29, 1.82) is 0 Å². The zero-order chi connectivity index (χ0) is 18.0. The maximum absolute atomic E-state index is 13.8. The number of rotatable bonds is 4. The van der Waals surface area contributed by atoms with Gasteiger partial charge in [-0.05, 0) is 17.7 Å². The number of anilines is 1. The van der Waals surface area contributed by atoms with E-state index in [0.29, 0.717) is 18.7 Å². The summed E-state index contributed by atoms with van der Waals surface area (Å²) in [6.07, 6.45) is -0.444. The summed E-state index contributed by atoms with van der Waals surface area (Å²) in [5, 5.41) is 11.3. The van der Waals surface area contributed by atoms with Crippen LogP contribution in [-0.2, 0) is 4.74 Å². The lowest BCUT2D eigenvalue weighted by Gasteiger charge is -2.34. The van der Waals surface area contributed by atoms with Crippen LogP contribution in [-0.4, -0.2) is 31.7 Å². The highest BCUT2D eigenvalue weighted by molar-refractivity contribution is 5.66. The SMILES string of the molecule is COc1cc(N2CCOC(c3cccc(F)c3)C2)c([N+](=O)[O-])cc1F. The Labute approximate surface area is 142 Å². The van der Waals surface area contributed by atoms with Gasteiger partial charge in [-0.1, -0.05) is 12.1 Å². The molecule has 2 aromatic carbocycles. The Kier molecular flexibility index (Phi) is 4.80. The second-order valence-electron chi connectivity index (χ2n) is 5.59. The maximum atomic E-state index is 13.8. The summed E-state index contributed by atoms with van der Waals surface area (Å²) in [5.74, 6) is -1.25. The molecule has 1 heterocycles. The smallest absolute Gasteiger partial charge is 0.295 e. The first-order valence-corrected chi connectivity index (χ1v) is 7.63. The van der Waals surface area contributed by atoms with Crippen molar-refractivity contribution < 1.29 is 23.2 Å². The molecule has 1 aliphatic rings. The number of ether oxygens (including phenoxy) is 2. The Bertz CT molecular complexity index is 800. The van der Waals surface area contributed by atoms with E-state index in [1.54, 1.807) is 17.0 Å². The topological polar surface area (TPSA) is 64.8 Å². The molecule has 132 valence electrons. The van der Waals surface area contributed by atoms with E-state index in [1.165, 1.54) is 25.3 Å². The van der Waals surface area contributed by atoms with Crippen molar-refractivity contribution in [3.63, 3.8) is 0 Å². The molecule has 0 radical (unpaired) electrons. The van der Waals surface area contributed by atoms with Gasteiger partial charge in [0, 0.05) is 19.2 Å². The van der Waals surface area contributed by atoms with E-state index in [4.69, 9.17) is 9.47 Å². The molecule has 0 saturated carbocycles. The van der Waals surface area contributed by atoms with Crippen LogP contribution in [0.5, 0.6) is 5.75 Å². The Balaban J connectivity index is 1.94. The lowest BCUT2D eigenvalue weighted by Crippen LogP contribution is -2.38. The molecule has 0 N–H and O–H groups in total. The van der Waals surface area contributed by atoms with E-state index < -0.39 is 16.8 Å². The average Bonchev–Trinajstić information content (AvgIpc) is 2.61. The summed E-state index contributed by atoms with van der Waals surface area (Å²) in [6.45, 7) is 0.971. The van der Waals surface area contributed by atoms with Crippen molar-refractivity contribution in [2.75, 3.05) is 31.7 Å². The van der Waals surface area contributed by atoms with Crippen molar-refractivity contribution in [3.05, 3.63) is 63.7 Å². The molecule has 2 aromatic rings. The van der Waals surface area contributed by atoms with Gasteiger partial charge in [-0.25, -0.2) is 8.78 Å². The fourth-order valence-corrected chi connectivity index (χ4v) is 2.86. The zero-order valence-corrected chi connectivity index (χ0v) is 13.4. The first-order chi connectivity index (χ1) is 12.0. The van der Waals surface area contributed by atoms with Gasteiger partial charge in [-0.2, -0.15) is 0 Å². The van der Waals surface area contributed by atoms with Crippen LogP contribution in [0.1, 0.15) is 11.7 Å². The number of hydrogen-bond acceptors (Lipinski definition) is 5. The number of halogens is 2. The van der Waals surface area contributed by atoms with Gasteiger partial charge in [0.1, 0.15) is 17.6 Å². The van der Waals surface area contributed by atoms with Crippen LogP contribution in [0.15, 0.2) is 36.4 Å². The Hall–Kier alpha value is -2.74. The predicted octanol–water partition coefficient (Wildman–Crippen LogP) is 3.46. The number of nitro groups is 1. The molecule has 1 saturated heterocycles. The molecule has 0 bridgehead atoms. The van der Waals surface area contributed by atoms with Crippen molar-refractivity contribution in [1.82, 2.24) is 0 Å². The number of nitrogens with zero attached hydrogens (tertiary/aromatic N) is 2. The normalized spacial score (nSPS) is 17.4. The van der Waals surface area contributed by atoms with Gasteiger partial charge in [-0.3, -0.25) is 10.1 Å². The number of nitro benzene ring substituents is 1. The molecule has 6 nitrogen and oxygen atoms in total. The number of benzene rings is 2. The van der Waals surface area contributed by atoms with Crippen LogP contribution < -0.4 is 9.64 Å². The van der Waals surface area contributed by atoms with Gasteiger partial charge >= 0.3 is 0 Å². The van der Waals surface area contributed by atoms with Gasteiger partial charge in [-0.15, -0.1) is 0 Å². The monoisotopic (exact) mass is 350 g/mol. The molecule has 1 fully saturated rings. The van der Waals surface area contributed by atoms with Gasteiger partial charge in [0.15, 0.2) is 11.6 Å². The van der Waals surface area contributed by atoms with Gasteiger partial charge in [0.2, 0.25) is 0 Å². The molecule has 3 rings (SSSR count). The van der Waals surface area contributed by atoms with Crippen molar-refractivity contribution in [3.8, 4) is 5.75 Å².